The first-order valence-electron chi connectivity index (χ1n) is 8.01. The van der Waals surface area contributed by atoms with Gasteiger partial charge in [-0.2, -0.15) is 0 Å². The summed E-state index contributed by atoms with van der Waals surface area (Å²) in [4.78, 5) is 22.1. The molecule has 1 amide bonds. The van der Waals surface area contributed by atoms with Crippen molar-refractivity contribution in [2.75, 3.05) is 6.54 Å². The molecule has 0 fully saturated rings. The fraction of sp³-hybridized carbons (Fsp3) is 0.263. The molecule has 0 aromatic heterocycles. The molecule has 26 heavy (non-hydrogen) atoms. The summed E-state index contributed by atoms with van der Waals surface area (Å²) in [6, 6.07) is 12.1. The number of hydrogen-bond acceptors (Lipinski definition) is 3. The molecule has 0 bridgehead atoms. The van der Waals surface area contributed by atoms with Gasteiger partial charge in [-0.3, -0.25) is 4.79 Å². The van der Waals surface area contributed by atoms with Gasteiger partial charge in [-0.05, 0) is 23.6 Å². The number of ether oxygens (including phenoxy) is 1. The second-order valence-corrected chi connectivity index (χ2v) is 5.75. The fourth-order valence-electron chi connectivity index (χ4n) is 2.61. The Kier molecular flexibility index (Phi) is 7.23. The summed E-state index contributed by atoms with van der Waals surface area (Å²) in [5.74, 6) is -3.41. The SMILES string of the molecule is O=CNCC(CC(OCc1ccccc1)C(=O)O)c1ccc(F)cc1F. The Morgan fingerprint density at radius 2 is 1.92 bits per heavy atom. The molecule has 0 saturated carbocycles. The summed E-state index contributed by atoms with van der Waals surface area (Å²) >= 11 is 0. The van der Waals surface area contributed by atoms with Gasteiger partial charge in [0.1, 0.15) is 11.6 Å². The molecule has 0 aliphatic carbocycles. The number of aliphatic carboxylic acids is 1. The molecule has 0 aliphatic rings. The molecule has 0 heterocycles. The highest BCUT2D eigenvalue weighted by Crippen LogP contribution is 2.26. The minimum Gasteiger partial charge on any atom is -0.479 e. The molecule has 2 aromatic carbocycles. The molecule has 0 radical (unpaired) electrons. The van der Waals surface area contributed by atoms with E-state index in [-0.39, 0.29) is 25.1 Å². The van der Waals surface area contributed by atoms with Crippen LogP contribution in [0.2, 0.25) is 0 Å². The Morgan fingerprint density at radius 1 is 1.19 bits per heavy atom. The Bertz CT molecular complexity index is 740. The van der Waals surface area contributed by atoms with Crippen LogP contribution in [-0.2, 0) is 20.9 Å². The lowest BCUT2D eigenvalue weighted by Gasteiger charge is -2.22. The average molecular weight is 363 g/mol. The van der Waals surface area contributed by atoms with E-state index in [1.165, 1.54) is 6.07 Å². The molecule has 0 spiro atoms. The lowest BCUT2D eigenvalue weighted by Crippen LogP contribution is -2.30. The number of nitrogens with one attached hydrogen (secondary N) is 1. The van der Waals surface area contributed by atoms with Crippen LogP contribution >= 0.6 is 0 Å². The van der Waals surface area contributed by atoms with Crippen molar-refractivity contribution in [1.29, 1.82) is 0 Å². The van der Waals surface area contributed by atoms with Crippen LogP contribution in [0.1, 0.15) is 23.5 Å². The Labute approximate surface area is 149 Å². The van der Waals surface area contributed by atoms with E-state index in [2.05, 4.69) is 5.32 Å². The normalized spacial score (nSPS) is 13.0. The van der Waals surface area contributed by atoms with Crippen molar-refractivity contribution in [2.24, 2.45) is 0 Å². The van der Waals surface area contributed by atoms with E-state index < -0.39 is 29.6 Å². The minimum atomic E-state index is -1.21. The third kappa shape index (κ3) is 5.63. The van der Waals surface area contributed by atoms with Gasteiger partial charge in [-0.1, -0.05) is 36.4 Å². The van der Waals surface area contributed by atoms with Crippen LogP contribution in [0.4, 0.5) is 8.78 Å². The standard InChI is InChI=1S/C19H19F2NO4/c20-15-6-7-16(17(21)9-15)14(10-22-12-23)8-18(19(24)25)26-11-13-4-2-1-3-5-13/h1-7,9,12,14,18H,8,10-11H2,(H,22,23)(H,24,25). The maximum absolute atomic E-state index is 14.1. The maximum atomic E-state index is 14.1. The molecule has 0 aliphatic heterocycles. The smallest absolute Gasteiger partial charge is 0.332 e. The molecule has 5 nitrogen and oxygen atoms in total. The molecular weight excluding hydrogens is 344 g/mol. The van der Waals surface area contributed by atoms with Crippen molar-refractivity contribution in [3.63, 3.8) is 0 Å². The van der Waals surface area contributed by atoms with Crippen LogP contribution in [0.25, 0.3) is 0 Å². The molecule has 2 unspecified atom stereocenters. The van der Waals surface area contributed by atoms with Gasteiger partial charge in [0.05, 0.1) is 6.61 Å². The highest BCUT2D eigenvalue weighted by atomic mass is 19.1. The molecule has 2 aromatic rings. The second-order valence-electron chi connectivity index (χ2n) is 5.75. The average Bonchev–Trinajstić information content (AvgIpc) is 2.62. The third-order valence-electron chi connectivity index (χ3n) is 3.92. The largest absolute Gasteiger partial charge is 0.479 e. The number of halogens is 2. The first-order chi connectivity index (χ1) is 12.5. The number of carbonyl (C=O) groups is 2. The fourth-order valence-corrected chi connectivity index (χ4v) is 2.61. The summed E-state index contributed by atoms with van der Waals surface area (Å²) in [5, 5.41) is 11.8. The van der Waals surface area contributed by atoms with Gasteiger partial charge < -0.3 is 15.2 Å². The zero-order valence-electron chi connectivity index (χ0n) is 13.9. The van der Waals surface area contributed by atoms with Gasteiger partial charge in [0.2, 0.25) is 6.41 Å². The Hall–Kier alpha value is -2.80. The molecule has 2 atom stereocenters. The van der Waals surface area contributed by atoms with Gasteiger partial charge >= 0.3 is 5.97 Å². The van der Waals surface area contributed by atoms with Crippen molar-refractivity contribution < 1.29 is 28.2 Å². The molecule has 2 N–H and O–H groups in total. The molecule has 0 saturated heterocycles. The second kappa shape index (κ2) is 9.62. The zero-order chi connectivity index (χ0) is 18.9. The lowest BCUT2D eigenvalue weighted by molar-refractivity contribution is -0.152. The minimum absolute atomic E-state index is 0.00449. The van der Waals surface area contributed by atoms with Gasteiger partial charge in [0, 0.05) is 18.5 Å². The van der Waals surface area contributed by atoms with E-state index in [4.69, 9.17) is 4.74 Å². The maximum Gasteiger partial charge on any atom is 0.332 e. The van der Waals surface area contributed by atoms with E-state index in [0.29, 0.717) is 6.41 Å². The van der Waals surface area contributed by atoms with Gasteiger partial charge in [0.25, 0.3) is 0 Å². The van der Waals surface area contributed by atoms with Crippen molar-refractivity contribution >= 4 is 12.4 Å². The first-order valence-corrected chi connectivity index (χ1v) is 8.01. The summed E-state index contributed by atoms with van der Waals surface area (Å²) < 4.78 is 32.7. The number of hydrogen-bond donors (Lipinski definition) is 2. The lowest BCUT2D eigenvalue weighted by atomic mass is 9.92. The van der Waals surface area contributed by atoms with Crippen LogP contribution in [0.3, 0.4) is 0 Å². The van der Waals surface area contributed by atoms with Crippen LogP contribution in [0.15, 0.2) is 48.5 Å². The molecule has 7 heteroatoms. The van der Waals surface area contributed by atoms with E-state index in [0.717, 1.165) is 17.7 Å². The van der Waals surface area contributed by atoms with Gasteiger partial charge in [-0.25, -0.2) is 13.6 Å². The topological polar surface area (TPSA) is 75.6 Å². The Morgan fingerprint density at radius 3 is 2.54 bits per heavy atom. The van der Waals surface area contributed by atoms with Crippen LogP contribution in [0.5, 0.6) is 0 Å². The highest BCUT2D eigenvalue weighted by Gasteiger charge is 2.26. The highest BCUT2D eigenvalue weighted by molar-refractivity contribution is 5.72. The Balaban J connectivity index is 2.14. The van der Waals surface area contributed by atoms with Crippen molar-refractivity contribution in [2.45, 2.75) is 25.0 Å². The van der Waals surface area contributed by atoms with E-state index in [1.807, 2.05) is 6.07 Å². The summed E-state index contributed by atoms with van der Waals surface area (Å²) in [5.41, 5.74) is 0.921. The van der Waals surface area contributed by atoms with E-state index >= 15 is 0 Å². The van der Waals surface area contributed by atoms with Gasteiger partial charge in [-0.15, -0.1) is 0 Å². The first kappa shape index (κ1) is 19.5. The van der Waals surface area contributed by atoms with Crippen LogP contribution in [0, 0.1) is 11.6 Å². The number of benzene rings is 2. The number of carbonyl (C=O) groups excluding carboxylic acids is 1. The number of rotatable bonds is 10. The van der Waals surface area contributed by atoms with E-state index in [9.17, 15) is 23.5 Å². The van der Waals surface area contributed by atoms with E-state index in [1.54, 1.807) is 24.3 Å². The van der Waals surface area contributed by atoms with Gasteiger partial charge in [0.15, 0.2) is 6.10 Å². The van der Waals surface area contributed by atoms with Crippen molar-refractivity contribution in [3.8, 4) is 0 Å². The number of carboxylic acids is 1. The number of amides is 1. The number of carboxylic acid groups (broad SMARTS) is 1. The summed E-state index contributed by atoms with van der Waals surface area (Å²) in [6.45, 7) is 0.0854. The zero-order valence-corrected chi connectivity index (χ0v) is 13.9. The van der Waals surface area contributed by atoms with Crippen LogP contribution < -0.4 is 5.32 Å². The third-order valence-corrected chi connectivity index (χ3v) is 3.92. The summed E-state index contributed by atoms with van der Waals surface area (Å²) in [7, 11) is 0. The van der Waals surface area contributed by atoms with Crippen LogP contribution in [-0.4, -0.2) is 30.1 Å². The molecule has 2 rings (SSSR count). The van der Waals surface area contributed by atoms with Crippen molar-refractivity contribution in [1.82, 2.24) is 5.32 Å². The quantitative estimate of drug-likeness (QED) is 0.637. The predicted octanol–water partition coefficient (Wildman–Crippen LogP) is 2.85. The van der Waals surface area contributed by atoms with Crippen molar-refractivity contribution in [3.05, 3.63) is 71.3 Å². The molecule has 138 valence electrons. The molecular formula is C19H19F2NO4. The predicted molar refractivity (Wildman–Crippen MR) is 90.4 cm³/mol. The monoisotopic (exact) mass is 363 g/mol. The summed E-state index contributed by atoms with van der Waals surface area (Å²) in [6.07, 6.45) is -0.848.